The van der Waals surface area contributed by atoms with Crippen molar-refractivity contribution in [2.45, 2.75) is 12.6 Å². The second kappa shape index (κ2) is 10.1. The molecule has 0 amide bonds. The molecule has 2 aromatic carbocycles. The lowest BCUT2D eigenvalue weighted by Gasteiger charge is -2.25. The number of nitrogen functional groups attached to an aromatic ring is 1. The van der Waals surface area contributed by atoms with Crippen LogP contribution in [-0.2, 0) is 6.54 Å². The van der Waals surface area contributed by atoms with E-state index < -0.39 is 6.10 Å². The fourth-order valence-electron chi connectivity index (χ4n) is 3.43. The molecule has 2 aromatic heterocycles. The number of rotatable bonds is 6. The minimum atomic E-state index is -1.13. The zero-order valence-electron chi connectivity index (χ0n) is 17.4. The number of para-hydroxylation sites is 1. The molecule has 1 atom stereocenters. The molecule has 168 valence electrons. The molecule has 4 N–H and O–H groups in total. The number of halogens is 2. The first-order valence-electron chi connectivity index (χ1n) is 9.99. The van der Waals surface area contributed by atoms with E-state index in [2.05, 4.69) is 26.8 Å². The molecule has 33 heavy (non-hydrogen) atoms. The van der Waals surface area contributed by atoms with Gasteiger partial charge in [-0.15, -0.1) is 0 Å². The second-order valence-electron chi connectivity index (χ2n) is 7.04. The van der Waals surface area contributed by atoms with E-state index in [1.54, 1.807) is 35.2 Å². The van der Waals surface area contributed by atoms with E-state index in [1.165, 1.54) is 6.33 Å². The van der Waals surface area contributed by atoms with Crippen LogP contribution in [0.2, 0.25) is 10.0 Å². The summed E-state index contributed by atoms with van der Waals surface area (Å²) >= 11 is 13.0. The minimum absolute atomic E-state index is 0.0723. The van der Waals surface area contributed by atoms with E-state index in [1.807, 2.05) is 23.1 Å². The van der Waals surface area contributed by atoms with Crippen LogP contribution in [0.3, 0.4) is 0 Å². The largest absolute Gasteiger partial charge is 0.395 e. The molecule has 2 heterocycles. The predicted molar refractivity (Wildman–Crippen MR) is 129 cm³/mol. The number of aliphatic hydroxyl groups excluding tert-OH is 2. The van der Waals surface area contributed by atoms with E-state index in [4.69, 9.17) is 28.9 Å². The maximum Gasteiger partial charge on any atom is 0.172 e. The highest BCUT2D eigenvalue weighted by Gasteiger charge is 2.17. The fraction of sp³-hybridized carbons (Fsp3) is 0.174. The molecule has 0 aliphatic heterocycles. The summed E-state index contributed by atoms with van der Waals surface area (Å²) in [4.78, 5) is 14.3. The molecule has 10 heteroatoms. The number of benzene rings is 2. The van der Waals surface area contributed by atoms with Gasteiger partial charge in [0, 0.05) is 30.0 Å². The topological polar surface area (TPSA) is 113 Å². The summed E-state index contributed by atoms with van der Waals surface area (Å²) in [6, 6.07) is 10.8. The van der Waals surface area contributed by atoms with Gasteiger partial charge in [0.15, 0.2) is 6.10 Å². The Morgan fingerprint density at radius 2 is 1.91 bits per heavy atom. The molecule has 0 radical (unpaired) electrons. The van der Waals surface area contributed by atoms with Crippen LogP contribution >= 0.6 is 23.2 Å². The number of aromatic nitrogens is 4. The standard InChI is InChI=1S/C23H20Cl2N6O2/c24-17-3-1-4-18(25)21(17)31(15-6-7-19-16(13-15)22(26)29-14-28-19)9-2-5-20(33)23-27-8-10-30(23)11-12-32/h1,3-4,6-8,10,13-14,20,32-33H,9,11-12H2,(H2,26,28,29). The maximum atomic E-state index is 10.5. The molecule has 0 saturated heterocycles. The van der Waals surface area contributed by atoms with Gasteiger partial charge in [-0.25, -0.2) is 15.0 Å². The SMILES string of the molecule is Nc1ncnc2ccc(N(CC#CC(O)c3nccn3CCO)c3c(Cl)cccc3Cl)cc12. The van der Waals surface area contributed by atoms with Gasteiger partial charge in [-0.1, -0.05) is 41.1 Å². The van der Waals surface area contributed by atoms with E-state index in [-0.39, 0.29) is 13.2 Å². The zero-order valence-corrected chi connectivity index (χ0v) is 18.9. The lowest BCUT2D eigenvalue weighted by molar-refractivity contribution is 0.214. The van der Waals surface area contributed by atoms with E-state index in [9.17, 15) is 10.2 Å². The molecule has 0 aliphatic rings. The summed E-state index contributed by atoms with van der Waals surface area (Å²) < 4.78 is 1.65. The van der Waals surface area contributed by atoms with Gasteiger partial charge in [0.2, 0.25) is 0 Å². The molecular weight excluding hydrogens is 463 g/mol. The number of hydrogen-bond donors (Lipinski definition) is 3. The summed E-state index contributed by atoms with van der Waals surface area (Å²) in [6.45, 7) is 0.410. The Labute approximate surface area is 200 Å². The van der Waals surface area contributed by atoms with Gasteiger partial charge in [-0.3, -0.25) is 0 Å². The Hall–Kier alpha value is -3.35. The average molecular weight is 483 g/mol. The molecule has 0 aliphatic carbocycles. The van der Waals surface area contributed by atoms with Crippen molar-refractivity contribution in [2.24, 2.45) is 0 Å². The summed E-state index contributed by atoms with van der Waals surface area (Å²) in [5.74, 6) is 6.50. The zero-order chi connectivity index (χ0) is 23.4. The van der Waals surface area contributed by atoms with Gasteiger partial charge >= 0.3 is 0 Å². The average Bonchev–Trinajstić information content (AvgIpc) is 3.26. The molecule has 0 saturated carbocycles. The molecule has 0 spiro atoms. The molecule has 1 unspecified atom stereocenters. The lowest BCUT2D eigenvalue weighted by Crippen LogP contribution is -2.18. The van der Waals surface area contributed by atoms with Crippen molar-refractivity contribution in [1.82, 2.24) is 19.5 Å². The first-order chi connectivity index (χ1) is 16.0. The third kappa shape index (κ3) is 4.87. The Morgan fingerprint density at radius 1 is 1.12 bits per heavy atom. The Kier molecular flexibility index (Phi) is 6.96. The number of imidazole rings is 1. The summed E-state index contributed by atoms with van der Waals surface area (Å²) in [5, 5.41) is 21.3. The molecular formula is C23H20Cl2N6O2. The second-order valence-corrected chi connectivity index (χ2v) is 7.86. The highest BCUT2D eigenvalue weighted by molar-refractivity contribution is 6.39. The van der Waals surface area contributed by atoms with E-state index in [0.717, 1.165) is 5.69 Å². The number of anilines is 3. The number of nitrogens with two attached hydrogens (primary N) is 1. The van der Waals surface area contributed by atoms with Crippen LogP contribution in [0, 0.1) is 11.8 Å². The van der Waals surface area contributed by atoms with Crippen LogP contribution in [0.25, 0.3) is 10.9 Å². The van der Waals surface area contributed by atoms with Crippen LogP contribution in [0.1, 0.15) is 11.9 Å². The first-order valence-corrected chi connectivity index (χ1v) is 10.8. The number of aliphatic hydroxyl groups is 2. The van der Waals surface area contributed by atoms with Crippen molar-refractivity contribution in [2.75, 3.05) is 23.8 Å². The fourth-order valence-corrected chi connectivity index (χ4v) is 4.03. The van der Waals surface area contributed by atoms with Crippen molar-refractivity contribution in [3.05, 3.63) is 71.0 Å². The van der Waals surface area contributed by atoms with Crippen LogP contribution in [0.15, 0.2) is 55.1 Å². The Morgan fingerprint density at radius 3 is 2.67 bits per heavy atom. The van der Waals surface area contributed by atoms with Crippen molar-refractivity contribution in [3.8, 4) is 11.8 Å². The molecule has 4 aromatic rings. The van der Waals surface area contributed by atoms with Crippen molar-refractivity contribution in [3.63, 3.8) is 0 Å². The molecule has 0 bridgehead atoms. The number of hydrogen-bond acceptors (Lipinski definition) is 7. The smallest absolute Gasteiger partial charge is 0.172 e. The lowest BCUT2D eigenvalue weighted by atomic mass is 10.1. The quantitative estimate of drug-likeness (QED) is 0.359. The third-order valence-corrected chi connectivity index (χ3v) is 5.59. The van der Waals surface area contributed by atoms with Crippen LogP contribution in [-0.4, -0.2) is 42.9 Å². The van der Waals surface area contributed by atoms with Crippen LogP contribution < -0.4 is 10.6 Å². The minimum Gasteiger partial charge on any atom is -0.395 e. The Bertz CT molecular complexity index is 1330. The van der Waals surface area contributed by atoms with Crippen LogP contribution in [0.5, 0.6) is 0 Å². The summed E-state index contributed by atoms with van der Waals surface area (Å²) in [6.07, 6.45) is 3.50. The number of nitrogens with zero attached hydrogens (tertiary/aromatic N) is 5. The van der Waals surface area contributed by atoms with Gasteiger partial charge in [-0.05, 0) is 30.3 Å². The van der Waals surface area contributed by atoms with Gasteiger partial charge < -0.3 is 25.4 Å². The highest BCUT2D eigenvalue weighted by Crippen LogP contribution is 2.38. The normalized spacial score (nSPS) is 11.8. The van der Waals surface area contributed by atoms with Crippen molar-refractivity contribution < 1.29 is 10.2 Å². The predicted octanol–water partition coefficient (Wildman–Crippen LogP) is 3.58. The monoisotopic (exact) mass is 482 g/mol. The van der Waals surface area contributed by atoms with Gasteiger partial charge in [0.05, 0.1) is 34.4 Å². The van der Waals surface area contributed by atoms with Gasteiger partial charge in [0.25, 0.3) is 0 Å². The first kappa shape index (κ1) is 22.8. The van der Waals surface area contributed by atoms with Crippen molar-refractivity contribution >= 4 is 51.3 Å². The van der Waals surface area contributed by atoms with Crippen LogP contribution in [0.4, 0.5) is 17.2 Å². The van der Waals surface area contributed by atoms with Gasteiger partial charge in [0.1, 0.15) is 18.0 Å². The summed E-state index contributed by atoms with van der Waals surface area (Å²) in [7, 11) is 0. The van der Waals surface area contributed by atoms with E-state index >= 15 is 0 Å². The number of fused-ring (bicyclic) bond motifs is 1. The third-order valence-electron chi connectivity index (χ3n) is 4.98. The Balaban J connectivity index is 1.72. The van der Waals surface area contributed by atoms with Crippen molar-refractivity contribution in [1.29, 1.82) is 0 Å². The van der Waals surface area contributed by atoms with E-state index in [0.29, 0.717) is 44.8 Å². The molecule has 4 rings (SSSR count). The summed E-state index contributed by atoms with van der Waals surface area (Å²) in [5.41, 5.74) is 8.05. The van der Waals surface area contributed by atoms with Gasteiger partial charge in [-0.2, -0.15) is 0 Å². The molecule has 0 fully saturated rings. The highest BCUT2D eigenvalue weighted by atomic mass is 35.5. The maximum absolute atomic E-state index is 10.5. The molecule has 8 nitrogen and oxygen atoms in total.